The number of ether oxygens (including phenoxy) is 1. The summed E-state index contributed by atoms with van der Waals surface area (Å²) in [6.07, 6.45) is 0.540. The van der Waals surface area contributed by atoms with Crippen LogP contribution in [-0.4, -0.2) is 36.0 Å². The quantitative estimate of drug-likeness (QED) is 0.538. The fourth-order valence-electron chi connectivity index (χ4n) is 3.03. The lowest BCUT2D eigenvalue weighted by atomic mass is 10.0. The van der Waals surface area contributed by atoms with Gasteiger partial charge in [-0.05, 0) is 56.2 Å². The third-order valence-corrected chi connectivity index (χ3v) is 4.37. The molecule has 1 aliphatic rings. The fraction of sp³-hybridized carbons (Fsp3) is 0.273. The van der Waals surface area contributed by atoms with Crippen LogP contribution in [0.25, 0.3) is 5.57 Å². The van der Waals surface area contributed by atoms with Crippen molar-refractivity contribution in [1.29, 1.82) is 0 Å². The molecular weight excluding hydrogens is 378 g/mol. The molecule has 2 aromatic carbocycles. The molecule has 0 aliphatic carbocycles. The van der Waals surface area contributed by atoms with E-state index in [9.17, 15) is 18.4 Å². The van der Waals surface area contributed by atoms with Gasteiger partial charge in [-0.1, -0.05) is 18.2 Å². The largest absolute Gasteiger partial charge is 0.379 e. The van der Waals surface area contributed by atoms with E-state index in [0.29, 0.717) is 24.3 Å². The number of rotatable bonds is 8. The highest BCUT2D eigenvalue weighted by molar-refractivity contribution is 6.36. The number of anilines is 1. The molecule has 0 unspecified atom stereocenters. The van der Waals surface area contributed by atoms with E-state index in [1.807, 2.05) is 13.8 Å². The van der Waals surface area contributed by atoms with Crippen molar-refractivity contribution < 1.29 is 23.1 Å². The summed E-state index contributed by atoms with van der Waals surface area (Å²) in [5.41, 5.74) is 0.913. The minimum atomic E-state index is -0.511. The lowest BCUT2D eigenvalue weighted by Crippen LogP contribution is -2.34. The third-order valence-electron chi connectivity index (χ3n) is 4.37. The van der Waals surface area contributed by atoms with Crippen molar-refractivity contribution >= 4 is 23.1 Å². The Balaban J connectivity index is 1.90. The zero-order valence-electron chi connectivity index (χ0n) is 16.2. The van der Waals surface area contributed by atoms with Crippen LogP contribution in [0.4, 0.5) is 14.5 Å². The molecule has 29 heavy (non-hydrogen) atoms. The minimum absolute atomic E-state index is 0.0389. The fourth-order valence-corrected chi connectivity index (χ4v) is 3.03. The number of carbonyl (C=O) groups is 2. The first-order chi connectivity index (χ1) is 13.9. The molecule has 3 rings (SSSR count). The van der Waals surface area contributed by atoms with Crippen molar-refractivity contribution in [2.45, 2.75) is 26.4 Å². The number of carbonyl (C=O) groups excluding carboxylic acids is 2. The maximum absolute atomic E-state index is 13.6. The van der Waals surface area contributed by atoms with Crippen molar-refractivity contribution in [1.82, 2.24) is 4.90 Å². The molecule has 0 fully saturated rings. The Morgan fingerprint density at radius 2 is 1.72 bits per heavy atom. The van der Waals surface area contributed by atoms with Crippen LogP contribution in [0.1, 0.15) is 25.8 Å². The Morgan fingerprint density at radius 1 is 1.00 bits per heavy atom. The van der Waals surface area contributed by atoms with Gasteiger partial charge in [-0.2, -0.15) is 0 Å². The molecule has 0 spiro atoms. The first-order valence-electron chi connectivity index (χ1n) is 9.37. The predicted octanol–water partition coefficient (Wildman–Crippen LogP) is 3.97. The summed E-state index contributed by atoms with van der Waals surface area (Å²) < 4.78 is 32.4. The van der Waals surface area contributed by atoms with E-state index < -0.39 is 23.4 Å². The van der Waals surface area contributed by atoms with Crippen molar-refractivity contribution in [2.75, 3.05) is 18.5 Å². The van der Waals surface area contributed by atoms with Gasteiger partial charge in [0.1, 0.15) is 17.3 Å². The Hall–Kier alpha value is -3.06. The number of hydrogen-bond donors (Lipinski definition) is 1. The normalized spacial score (nSPS) is 14.3. The van der Waals surface area contributed by atoms with Gasteiger partial charge in [-0.25, -0.2) is 8.78 Å². The molecule has 5 nitrogen and oxygen atoms in total. The van der Waals surface area contributed by atoms with Gasteiger partial charge in [0.15, 0.2) is 0 Å². The van der Waals surface area contributed by atoms with E-state index in [1.165, 1.54) is 42.5 Å². The highest BCUT2D eigenvalue weighted by Gasteiger charge is 2.38. The van der Waals surface area contributed by atoms with Crippen LogP contribution in [0, 0.1) is 11.6 Å². The van der Waals surface area contributed by atoms with E-state index >= 15 is 0 Å². The van der Waals surface area contributed by atoms with Gasteiger partial charge in [0.25, 0.3) is 11.8 Å². The average molecular weight is 400 g/mol. The van der Waals surface area contributed by atoms with E-state index in [-0.39, 0.29) is 23.9 Å². The number of hydrogen-bond acceptors (Lipinski definition) is 4. The highest BCUT2D eigenvalue weighted by atomic mass is 19.1. The summed E-state index contributed by atoms with van der Waals surface area (Å²) in [4.78, 5) is 27.1. The number of imide groups is 1. The van der Waals surface area contributed by atoms with E-state index in [2.05, 4.69) is 5.32 Å². The van der Waals surface area contributed by atoms with Crippen LogP contribution >= 0.6 is 0 Å². The van der Waals surface area contributed by atoms with Gasteiger partial charge in [0.05, 0.1) is 11.7 Å². The Labute approximate surface area is 168 Å². The Kier molecular flexibility index (Phi) is 6.39. The zero-order valence-corrected chi connectivity index (χ0v) is 16.2. The smallest absolute Gasteiger partial charge is 0.278 e. The Morgan fingerprint density at radius 3 is 2.38 bits per heavy atom. The van der Waals surface area contributed by atoms with Gasteiger partial charge in [-0.15, -0.1) is 0 Å². The maximum Gasteiger partial charge on any atom is 0.278 e. The number of amides is 2. The Bertz CT molecular complexity index is 939. The molecule has 0 radical (unpaired) electrons. The first kappa shape index (κ1) is 20.7. The van der Waals surface area contributed by atoms with Crippen LogP contribution in [0.5, 0.6) is 0 Å². The number of nitrogens with one attached hydrogen (secondary N) is 1. The molecule has 1 heterocycles. The number of halogens is 2. The standard InChI is InChI=1S/C22H22F2N2O3/c1-14(2)29-12-4-11-26-21(27)19(15-7-9-16(23)10-8-15)20(22(26)28)25-18-6-3-5-17(24)13-18/h3,5-10,13-14,25H,4,11-12H2,1-2H3. The second-order valence-electron chi connectivity index (χ2n) is 6.93. The second kappa shape index (κ2) is 8.96. The number of nitrogens with zero attached hydrogens (tertiary/aromatic N) is 1. The summed E-state index contributed by atoms with van der Waals surface area (Å²) in [7, 11) is 0. The van der Waals surface area contributed by atoms with Crippen LogP contribution in [0.2, 0.25) is 0 Å². The van der Waals surface area contributed by atoms with E-state index in [0.717, 1.165) is 4.90 Å². The van der Waals surface area contributed by atoms with E-state index in [4.69, 9.17) is 4.74 Å². The summed E-state index contributed by atoms with van der Waals surface area (Å²) >= 11 is 0. The zero-order chi connectivity index (χ0) is 21.0. The van der Waals surface area contributed by atoms with E-state index in [1.54, 1.807) is 6.07 Å². The molecule has 0 atom stereocenters. The molecule has 7 heteroatoms. The molecule has 0 bridgehead atoms. The molecule has 2 aromatic rings. The molecule has 1 N–H and O–H groups in total. The summed E-state index contributed by atoms with van der Waals surface area (Å²) in [5, 5.41) is 2.87. The van der Waals surface area contributed by atoms with Crippen LogP contribution in [-0.2, 0) is 14.3 Å². The van der Waals surface area contributed by atoms with Gasteiger partial charge >= 0.3 is 0 Å². The third kappa shape index (κ3) is 4.86. The summed E-state index contributed by atoms with van der Waals surface area (Å²) in [6, 6.07) is 10.9. The van der Waals surface area contributed by atoms with Gasteiger partial charge in [0.2, 0.25) is 0 Å². The van der Waals surface area contributed by atoms with Gasteiger partial charge in [0, 0.05) is 18.8 Å². The highest BCUT2D eigenvalue weighted by Crippen LogP contribution is 2.30. The lowest BCUT2D eigenvalue weighted by molar-refractivity contribution is -0.137. The maximum atomic E-state index is 13.6. The molecular formula is C22H22F2N2O3. The lowest BCUT2D eigenvalue weighted by Gasteiger charge is -2.16. The first-order valence-corrected chi connectivity index (χ1v) is 9.37. The SMILES string of the molecule is CC(C)OCCCN1C(=O)C(Nc2cccc(F)c2)=C(c2ccc(F)cc2)C1=O. The van der Waals surface area contributed by atoms with Crippen LogP contribution in [0.3, 0.4) is 0 Å². The molecule has 2 amide bonds. The van der Waals surface area contributed by atoms with Crippen molar-refractivity contribution in [3.8, 4) is 0 Å². The molecule has 1 aliphatic heterocycles. The monoisotopic (exact) mass is 400 g/mol. The van der Waals surface area contributed by atoms with Gasteiger partial charge in [-0.3, -0.25) is 14.5 Å². The average Bonchev–Trinajstić information content (AvgIpc) is 2.90. The summed E-state index contributed by atoms with van der Waals surface area (Å²) in [5.74, 6) is -1.92. The summed E-state index contributed by atoms with van der Waals surface area (Å²) in [6.45, 7) is 4.40. The van der Waals surface area contributed by atoms with Crippen molar-refractivity contribution in [3.05, 3.63) is 71.4 Å². The predicted molar refractivity (Wildman–Crippen MR) is 106 cm³/mol. The second-order valence-corrected chi connectivity index (χ2v) is 6.93. The molecule has 0 saturated carbocycles. The van der Waals surface area contributed by atoms with Crippen molar-refractivity contribution in [2.24, 2.45) is 0 Å². The number of benzene rings is 2. The topological polar surface area (TPSA) is 58.6 Å². The molecule has 0 aromatic heterocycles. The molecule has 152 valence electrons. The minimum Gasteiger partial charge on any atom is -0.379 e. The van der Waals surface area contributed by atoms with Crippen molar-refractivity contribution in [3.63, 3.8) is 0 Å². The van der Waals surface area contributed by atoms with Crippen LogP contribution in [0.15, 0.2) is 54.2 Å². The molecule has 0 saturated heterocycles. The van der Waals surface area contributed by atoms with Crippen LogP contribution < -0.4 is 5.32 Å². The van der Waals surface area contributed by atoms with Gasteiger partial charge < -0.3 is 10.1 Å².